The molecule has 0 radical (unpaired) electrons. The zero-order valence-electron chi connectivity index (χ0n) is 12.1. The lowest BCUT2D eigenvalue weighted by atomic mass is 10.1. The van der Waals surface area contributed by atoms with Crippen LogP contribution < -0.4 is 15.0 Å². The number of rotatable bonds is 6. The smallest absolute Gasteiger partial charge is 0.133 e. The van der Waals surface area contributed by atoms with Gasteiger partial charge in [0.15, 0.2) is 0 Å². The minimum absolute atomic E-state index is 0.817. The largest absolute Gasteiger partial charge is 0.497 e. The molecule has 0 unspecified atom stereocenters. The first-order chi connectivity index (χ1) is 9.69. The highest BCUT2D eigenvalue weighted by Crippen LogP contribution is 2.14. The molecule has 0 fully saturated rings. The van der Waals surface area contributed by atoms with Gasteiger partial charge in [0.05, 0.1) is 7.11 Å². The van der Waals surface area contributed by atoms with Gasteiger partial charge >= 0.3 is 0 Å². The summed E-state index contributed by atoms with van der Waals surface area (Å²) in [6.07, 6.45) is 2.49. The molecule has 0 spiro atoms. The fraction of sp³-hybridized carbons (Fsp3) is 0.333. The standard InChI is InChI=1S/C15H20N4O/c1-19(2)15-10-14(17-11-18-15)16-8-7-12-5-4-6-13(9-12)20-3/h4-6,9-11H,7-8H2,1-3H3,(H,16,17,18). The van der Waals surface area contributed by atoms with Crippen LogP contribution in [-0.2, 0) is 6.42 Å². The highest BCUT2D eigenvalue weighted by Gasteiger charge is 2.01. The first-order valence-electron chi connectivity index (χ1n) is 6.55. The molecule has 0 bridgehead atoms. The number of nitrogens with one attached hydrogen (secondary N) is 1. The molecule has 106 valence electrons. The van der Waals surface area contributed by atoms with E-state index >= 15 is 0 Å². The monoisotopic (exact) mass is 272 g/mol. The molecular formula is C15H20N4O. The van der Waals surface area contributed by atoms with Gasteiger partial charge in [-0.15, -0.1) is 0 Å². The molecule has 1 N–H and O–H groups in total. The van der Waals surface area contributed by atoms with Gasteiger partial charge < -0.3 is 15.0 Å². The Balaban J connectivity index is 1.90. The minimum atomic E-state index is 0.817. The van der Waals surface area contributed by atoms with Gasteiger partial charge in [0.2, 0.25) is 0 Å². The van der Waals surface area contributed by atoms with Crippen LogP contribution in [0.2, 0.25) is 0 Å². The Hall–Kier alpha value is -2.30. The van der Waals surface area contributed by atoms with Gasteiger partial charge in [-0.2, -0.15) is 0 Å². The second-order valence-corrected chi connectivity index (χ2v) is 4.68. The number of hydrogen-bond donors (Lipinski definition) is 1. The summed E-state index contributed by atoms with van der Waals surface area (Å²) >= 11 is 0. The van der Waals surface area contributed by atoms with Crippen molar-refractivity contribution in [2.24, 2.45) is 0 Å². The van der Waals surface area contributed by atoms with Crippen molar-refractivity contribution < 1.29 is 4.74 Å². The summed E-state index contributed by atoms with van der Waals surface area (Å²) in [5.41, 5.74) is 1.23. The van der Waals surface area contributed by atoms with Crippen molar-refractivity contribution in [1.82, 2.24) is 9.97 Å². The molecule has 2 rings (SSSR count). The number of anilines is 2. The maximum atomic E-state index is 5.21. The maximum Gasteiger partial charge on any atom is 0.133 e. The number of ether oxygens (including phenoxy) is 1. The third-order valence-electron chi connectivity index (χ3n) is 2.96. The predicted molar refractivity (Wildman–Crippen MR) is 81.5 cm³/mol. The Bertz CT molecular complexity index is 557. The summed E-state index contributed by atoms with van der Waals surface area (Å²) in [5, 5.41) is 3.31. The molecule has 0 aliphatic carbocycles. The van der Waals surface area contributed by atoms with Crippen LogP contribution in [0, 0.1) is 0 Å². The van der Waals surface area contributed by atoms with E-state index in [4.69, 9.17) is 4.74 Å². The van der Waals surface area contributed by atoms with Crippen LogP contribution in [0.15, 0.2) is 36.7 Å². The molecular weight excluding hydrogens is 252 g/mol. The molecule has 0 atom stereocenters. The van der Waals surface area contributed by atoms with Crippen LogP contribution >= 0.6 is 0 Å². The van der Waals surface area contributed by atoms with Crippen molar-refractivity contribution in [3.05, 3.63) is 42.2 Å². The quantitative estimate of drug-likeness (QED) is 0.873. The highest BCUT2D eigenvalue weighted by atomic mass is 16.5. The Morgan fingerprint density at radius 1 is 1.20 bits per heavy atom. The number of hydrogen-bond acceptors (Lipinski definition) is 5. The average molecular weight is 272 g/mol. The van der Waals surface area contributed by atoms with Crippen LogP contribution in [0.5, 0.6) is 5.75 Å². The molecule has 2 aromatic rings. The van der Waals surface area contributed by atoms with E-state index in [-0.39, 0.29) is 0 Å². The zero-order valence-corrected chi connectivity index (χ0v) is 12.1. The van der Waals surface area contributed by atoms with E-state index in [1.807, 2.05) is 43.3 Å². The molecule has 1 aromatic carbocycles. The van der Waals surface area contributed by atoms with E-state index in [2.05, 4.69) is 21.4 Å². The molecule has 20 heavy (non-hydrogen) atoms. The van der Waals surface area contributed by atoms with Crippen molar-refractivity contribution >= 4 is 11.6 Å². The topological polar surface area (TPSA) is 50.3 Å². The van der Waals surface area contributed by atoms with Crippen LogP contribution in [0.25, 0.3) is 0 Å². The van der Waals surface area contributed by atoms with Crippen LogP contribution in [0.1, 0.15) is 5.56 Å². The second-order valence-electron chi connectivity index (χ2n) is 4.68. The fourth-order valence-electron chi connectivity index (χ4n) is 1.85. The van der Waals surface area contributed by atoms with Gasteiger partial charge in [-0.25, -0.2) is 9.97 Å². The number of benzene rings is 1. The molecule has 0 aliphatic heterocycles. The molecule has 5 nitrogen and oxygen atoms in total. The number of methoxy groups -OCH3 is 1. The van der Waals surface area contributed by atoms with Crippen molar-refractivity contribution in [3.8, 4) is 5.75 Å². The van der Waals surface area contributed by atoms with Gasteiger partial charge in [0.1, 0.15) is 23.7 Å². The lowest BCUT2D eigenvalue weighted by molar-refractivity contribution is 0.414. The van der Waals surface area contributed by atoms with Crippen LogP contribution in [0.4, 0.5) is 11.6 Å². The zero-order chi connectivity index (χ0) is 14.4. The second kappa shape index (κ2) is 6.75. The first-order valence-corrected chi connectivity index (χ1v) is 6.55. The summed E-state index contributed by atoms with van der Waals surface area (Å²) in [7, 11) is 5.60. The van der Waals surface area contributed by atoms with Crippen molar-refractivity contribution in [1.29, 1.82) is 0 Å². The summed E-state index contributed by atoms with van der Waals surface area (Å²) in [5.74, 6) is 2.62. The Morgan fingerprint density at radius 2 is 2.05 bits per heavy atom. The van der Waals surface area contributed by atoms with Gasteiger partial charge in [-0.3, -0.25) is 0 Å². The molecule has 0 aliphatic rings. The van der Waals surface area contributed by atoms with Gasteiger partial charge in [-0.1, -0.05) is 12.1 Å². The van der Waals surface area contributed by atoms with Gasteiger partial charge in [0.25, 0.3) is 0 Å². The molecule has 5 heteroatoms. The van der Waals surface area contributed by atoms with E-state index in [1.165, 1.54) is 5.56 Å². The third kappa shape index (κ3) is 3.85. The summed E-state index contributed by atoms with van der Waals surface area (Å²) in [6, 6.07) is 10.0. The lowest BCUT2D eigenvalue weighted by Gasteiger charge is -2.12. The molecule has 0 saturated heterocycles. The van der Waals surface area contributed by atoms with E-state index in [0.717, 1.165) is 30.4 Å². The van der Waals surface area contributed by atoms with Gasteiger partial charge in [0, 0.05) is 26.7 Å². The van der Waals surface area contributed by atoms with Crippen molar-refractivity contribution in [2.75, 3.05) is 38.0 Å². The van der Waals surface area contributed by atoms with E-state index in [9.17, 15) is 0 Å². The molecule has 0 saturated carbocycles. The average Bonchev–Trinajstić information content (AvgIpc) is 2.48. The SMILES string of the molecule is COc1cccc(CCNc2cc(N(C)C)ncn2)c1. The van der Waals surface area contributed by atoms with Crippen molar-refractivity contribution in [2.45, 2.75) is 6.42 Å². The van der Waals surface area contributed by atoms with Crippen molar-refractivity contribution in [3.63, 3.8) is 0 Å². The fourth-order valence-corrected chi connectivity index (χ4v) is 1.85. The summed E-state index contributed by atoms with van der Waals surface area (Å²) < 4.78 is 5.21. The van der Waals surface area contributed by atoms with Crippen LogP contribution in [-0.4, -0.2) is 37.7 Å². The van der Waals surface area contributed by atoms with Crippen LogP contribution in [0.3, 0.4) is 0 Å². The van der Waals surface area contributed by atoms with E-state index in [1.54, 1.807) is 13.4 Å². The number of nitrogens with zero attached hydrogens (tertiary/aromatic N) is 3. The Labute approximate surface area is 119 Å². The Kier molecular flexibility index (Phi) is 4.76. The Morgan fingerprint density at radius 3 is 2.80 bits per heavy atom. The van der Waals surface area contributed by atoms with E-state index < -0.39 is 0 Å². The predicted octanol–water partition coefficient (Wildman–Crippen LogP) is 2.21. The van der Waals surface area contributed by atoms with Gasteiger partial charge in [-0.05, 0) is 24.1 Å². The van der Waals surface area contributed by atoms with E-state index in [0.29, 0.717) is 0 Å². The molecule has 0 amide bonds. The first kappa shape index (κ1) is 14.1. The summed E-state index contributed by atoms with van der Waals surface area (Å²) in [6.45, 7) is 0.817. The normalized spacial score (nSPS) is 10.2. The molecule has 1 aromatic heterocycles. The lowest BCUT2D eigenvalue weighted by Crippen LogP contribution is -2.12. The highest BCUT2D eigenvalue weighted by molar-refractivity contribution is 5.47. The third-order valence-corrected chi connectivity index (χ3v) is 2.96. The maximum absolute atomic E-state index is 5.21. The molecule has 1 heterocycles. The summed E-state index contributed by atoms with van der Waals surface area (Å²) in [4.78, 5) is 10.4. The minimum Gasteiger partial charge on any atom is -0.497 e. The number of aromatic nitrogens is 2.